The number of rotatable bonds is 7. The Morgan fingerprint density at radius 3 is 2.57 bits per heavy atom. The molecule has 0 saturated carbocycles. The molecule has 3 nitrogen and oxygen atoms in total. The van der Waals surface area contributed by atoms with Crippen LogP contribution in [0.25, 0.3) is 5.57 Å². The number of hydrogen-bond acceptors (Lipinski definition) is 2. The third-order valence-corrected chi connectivity index (χ3v) is 5.23. The topological polar surface area (TPSA) is 46.5 Å². The van der Waals surface area contributed by atoms with E-state index in [0.717, 1.165) is 23.6 Å². The summed E-state index contributed by atoms with van der Waals surface area (Å²) in [6.07, 6.45) is -3.13. The highest BCUT2D eigenvalue weighted by atomic mass is 35.5. The first kappa shape index (κ1) is 22.2. The summed E-state index contributed by atoms with van der Waals surface area (Å²) < 4.78 is 60.0. The molecule has 1 aliphatic carbocycles. The first-order valence-electron chi connectivity index (χ1n) is 9.36. The van der Waals surface area contributed by atoms with Crippen molar-refractivity contribution in [1.82, 2.24) is 0 Å². The minimum atomic E-state index is -4.63. The lowest BCUT2D eigenvalue weighted by Gasteiger charge is -2.16. The van der Waals surface area contributed by atoms with Gasteiger partial charge in [-0.05, 0) is 66.7 Å². The SMILES string of the molecule is O=C(O)CCc1ccc(OCC2=C(c3ccc(Cl)cc3F)CCC2)cc1C(F)(F)F. The molecule has 0 fully saturated rings. The van der Waals surface area contributed by atoms with E-state index in [1.807, 2.05) is 0 Å². The van der Waals surface area contributed by atoms with Gasteiger partial charge in [0.1, 0.15) is 18.2 Å². The molecule has 2 aromatic rings. The van der Waals surface area contributed by atoms with Crippen LogP contribution in [0.4, 0.5) is 17.6 Å². The van der Waals surface area contributed by atoms with Crippen LogP contribution in [0, 0.1) is 5.82 Å². The van der Waals surface area contributed by atoms with Gasteiger partial charge >= 0.3 is 12.1 Å². The molecule has 0 unspecified atom stereocenters. The van der Waals surface area contributed by atoms with Crippen molar-refractivity contribution in [2.75, 3.05) is 6.61 Å². The van der Waals surface area contributed by atoms with E-state index < -0.39 is 29.9 Å². The number of carboxylic acid groups (broad SMARTS) is 1. The zero-order chi connectivity index (χ0) is 21.9. The summed E-state index contributed by atoms with van der Waals surface area (Å²) in [6.45, 7) is 0.0448. The van der Waals surface area contributed by atoms with E-state index in [1.54, 1.807) is 12.1 Å². The maximum atomic E-state index is 14.3. The lowest BCUT2D eigenvalue weighted by Crippen LogP contribution is -2.11. The van der Waals surface area contributed by atoms with E-state index in [0.29, 0.717) is 18.4 Å². The smallest absolute Gasteiger partial charge is 0.416 e. The Labute approximate surface area is 175 Å². The number of aliphatic carboxylic acids is 1. The fourth-order valence-electron chi connectivity index (χ4n) is 3.56. The van der Waals surface area contributed by atoms with Crippen LogP contribution in [-0.2, 0) is 17.4 Å². The normalized spacial score (nSPS) is 14.3. The van der Waals surface area contributed by atoms with Gasteiger partial charge in [-0.2, -0.15) is 13.2 Å². The fourth-order valence-corrected chi connectivity index (χ4v) is 3.72. The van der Waals surface area contributed by atoms with Crippen molar-refractivity contribution in [3.63, 3.8) is 0 Å². The molecule has 0 bridgehead atoms. The summed E-state index contributed by atoms with van der Waals surface area (Å²) in [5, 5.41) is 9.02. The average molecular weight is 443 g/mol. The number of aryl methyl sites for hydroxylation is 1. The second-order valence-electron chi connectivity index (χ2n) is 7.06. The van der Waals surface area contributed by atoms with Gasteiger partial charge in [0, 0.05) is 17.0 Å². The van der Waals surface area contributed by atoms with Crippen molar-refractivity contribution < 1.29 is 32.2 Å². The summed E-state index contributed by atoms with van der Waals surface area (Å²) in [5.41, 5.74) is 1.04. The molecule has 0 radical (unpaired) electrons. The maximum absolute atomic E-state index is 14.3. The molecule has 1 aliphatic rings. The van der Waals surface area contributed by atoms with Gasteiger partial charge < -0.3 is 9.84 Å². The number of halogens is 5. The Kier molecular flexibility index (Phi) is 6.71. The Hall–Kier alpha value is -2.54. The van der Waals surface area contributed by atoms with Crippen LogP contribution >= 0.6 is 11.6 Å². The quantitative estimate of drug-likeness (QED) is 0.496. The Morgan fingerprint density at radius 1 is 1.13 bits per heavy atom. The molecule has 0 heterocycles. The second-order valence-corrected chi connectivity index (χ2v) is 7.50. The molecule has 3 rings (SSSR count). The van der Waals surface area contributed by atoms with Crippen LogP contribution in [0.3, 0.4) is 0 Å². The van der Waals surface area contributed by atoms with Crippen LogP contribution in [0.15, 0.2) is 42.0 Å². The first-order valence-corrected chi connectivity index (χ1v) is 9.74. The molecule has 0 atom stereocenters. The van der Waals surface area contributed by atoms with Crippen LogP contribution in [-0.4, -0.2) is 17.7 Å². The van der Waals surface area contributed by atoms with Crippen LogP contribution in [0.5, 0.6) is 5.75 Å². The Balaban J connectivity index is 1.81. The van der Waals surface area contributed by atoms with Crippen LogP contribution < -0.4 is 4.74 Å². The van der Waals surface area contributed by atoms with E-state index in [-0.39, 0.29) is 29.4 Å². The minimum Gasteiger partial charge on any atom is -0.489 e. The van der Waals surface area contributed by atoms with Gasteiger partial charge in [0.05, 0.1) is 5.56 Å². The zero-order valence-electron chi connectivity index (χ0n) is 15.9. The molecule has 160 valence electrons. The molecule has 2 aromatic carbocycles. The highest BCUT2D eigenvalue weighted by molar-refractivity contribution is 6.30. The van der Waals surface area contributed by atoms with Crippen molar-refractivity contribution in [3.8, 4) is 5.75 Å². The second kappa shape index (κ2) is 9.08. The summed E-state index contributed by atoms with van der Waals surface area (Å²) in [6, 6.07) is 7.93. The van der Waals surface area contributed by atoms with Crippen LogP contribution in [0.1, 0.15) is 42.4 Å². The van der Waals surface area contributed by atoms with Gasteiger partial charge in [-0.1, -0.05) is 23.7 Å². The molecule has 0 saturated heterocycles. The third-order valence-electron chi connectivity index (χ3n) is 5.00. The lowest BCUT2D eigenvalue weighted by molar-refractivity contribution is -0.140. The van der Waals surface area contributed by atoms with E-state index in [9.17, 15) is 22.4 Å². The number of ether oxygens (including phenoxy) is 1. The van der Waals surface area contributed by atoms with E-state index in [1.165, 1.54) is 18.2 Å². The number of carboxylic acids is 1. The third kappa shape index (κ3) is 5.33. The van der Waals surface area contributed by atoms with Crippen molar-refractivity contribution in [3.05, 3.63) is 69.5 Å². The number of alkyl halides is 3. The van der Waals surface area contributed by atoms with Crippen molar-refractivity contribution in [2.45, 2.75) is 38.3 Å². The molecule has 8 heteroatoms. The van der Waals surface area contributed by atoms with Gasteiger partial charge in [-0.25, -0.2) is 4.39 Å². The molecule has 0 spiro atoms. The standard InChI is InChI=1S/C22H19ClF4O3/c23-15-6-8-18(20(24)10-15)17-3-1-2-14(17)12-30-16-7-4-13(5-9-21(28)29)19(11-16)22(25,26)27/h4,6-8,10-11H,1-3,5,9,12H2,(H,28,29). The average Bonchev–Trinajstić information content (AvgIpc) is 3.12. The maximum Gasteiger partial charge on any atom is 0.416 e. The van der Waals surface area contributed by atoms with Gasteiger partial charge in [0.15, 0.2) is 0 Å². The number of allylic oxidation sites excluding steroid dienone is 1. The highest BCUT2D eigenvalue weighted by Crippen LogP contribution is 2.38. The van der Waals surface area contributed by atoms with Gasteiger partial charge in [-0.3, -0.25) is 4.79 Å². The van der Waals surface area contributed by atoms with E-state index >= 15 is 0 Å². The number of benzene rings is 2. The number of carbonyl (C=O) groups is 1. The molecular formula is C22H19ClF4O3. The zero-order valence-corrected chi connectivity index (χ0v) is 16.6. The molecule has 0 amide bonds. The molecule has 0 aromatic heterocycles. The van der Waals surface area contributed by atoms with Crippen molar-refractivity contribution >= 4 is 23.1 Å². The largest absolute Gasteiger partial charge is 0.489 e. The predicted molar refractivity (Wildman–Crippen MR) is 105 cm³/mol. The molecule has 30 heavy (non-hydrogen) atoms. The first-order chi connectivity index (χ1) is 14.1. The predicted octanol–water partition coefficient (Wildman–Crippen LogP) is 6.53. The summed E-state index contributed by atoms with van der Waals surface area (Å²) >= 11 is 5.80. The van der Waals surface area contributed by atoms with E-state index in [2.05, 4.69) is 0 Å². The van der Waals surface area contributed by atoms with E-state index in [4.69, 9.17) is 21.4 Å². The van der Waals surface area contributed by atoms with Crippen molar-refractivity contribution in [2.24, 2.45) is 0 Å². The number of hydrogen-bond donors (Lipinski definition) is 1. The molecule has 0 aliphatic heterocycles. The lowest BCUT2D eigenvalue weighted by atomic mass is 10.0. The van der Waals surface area contributed by atoms with Gasteiger partial charge in [0.2, 0.25) is 0 Å². The minimum absolute atomic E-state index is 0.0247. The molecular weight excluding hydrogens is 424 g/mol. The summed E-state index contributed by atoms with van der Waals surface area (Å²) in [5.74, 6) is -1.59. The summed E-state index contributed by atoms with van der Waals surface area (Å²) in [4.78, 5) is 10.7. The van der Waals surface area contributed by atoms with Gasteiger partial charge in [-0.15, -0.1) is 0 Å². The van der Waals surface area contributed by atoms with Crippen LogP contribution in [0.2, 0.25) is 5.02 Å². The Morgan fingerprint density at radius 2 is 1.90 bits per heavy atom. The fraction of sp³-hybridized carbons (Fsp3) is 0.318. The Bertz CT molecular complexity index is 983. The van der Waals surface area contributed by atoms with Gasteiger partial charge in [0.25, 0.3) is 0 Å². The monoisotopic (exact) mass is 442 g/mol. The summed E-state index contributed by atoms with van der Waals surface area (Å²) in [7, 11) is 0. The highest BCUT2D eigenvalue weighted by Gasteiger charge is 2.34. The van der Waals surface area contributed by atoms with Crippen molar-refractivity contribution in [1.29, 1.82) is 0 Å². The molecule has 1 N–H and O–H groups in total.